The number of carbonyl (C=O) groups excluding carboxylic acids is 1. The van der Waals surface area contributed by atoms with Crippen molar-refractivity contribution in [1.82, 2.24) is 25.4 Å². The number of rotatable bonds is 3. The highest BCUT2D eigenvalue weighted by atomic mass is 35.5. The summed E-state index contributed by atoms with van der Waals surface area (Å²) in [5.41, 5.74) is 2.27. The summed E-state index contributed by atoms with van der Waals surface area (Å²) in [6, 6.07) is 7.67. The van der Waals surface area contributed by atoms with Gasteiger partial charge >= 0.3 is 0 Å². The number of hydrogen-bond donors (Lipinski definition) is 2. The first-order valence-electron chi connectivity index (χ1n) is 8.09. The first-order valence-corrected chi connectivity index (χ1v) is 8.47. The van der Waals surface area contributed by atoms with Crippen LogP contribution in [0.3, 0.4) is 0 Å². The number of imidazole rings is 1. The number of H-pyrrole nitrogens is 1. The molecule has 1 unspecified atom stereocenters. The van der Waals surface area contributed by atoms with Gasteiger partial charge in [-0.15, -0.1) is 0 Å². The van der Waals surface area contributed by atoms with E-state index in [0.29, 0.717) is 47.6 Å². The molecule has 0 saturated carbocycles. The van der Waals surface area contributed by atoms with Crippen molar-refractivity contribution in [3.05, 3.63) is 52.1 Å². The monoisotopic (exact) mass is 357 g/mol. The average Bonchev–Trinajstić information content (AvgIpc) is 3.23. The first-order chi connectivity index (χ1) is 12.1. The number of carbonyl (C=O) groups is 1. The molecular formula is C17H16ClN5O2. The molecule has 2 aromatic heterocycles. The minimum absolute atomic E-state index is 0.132. The van der Waals surface area contributed by atoms with Crippen LogP contribution in [-0.4, -0.2) is 32.6 Å². The lowest BCUT2D eigenvalue weighted by Crippen LogP contribution is -2.26. The summed E-state index contributed by atoms with van der Waals surface area (Å²) in [5.74, 6) is 1.27. The number of hydrogen-bond acceptors (Lipinski definition) is 5. The molecule has 3 aromatic rings. The predicted molar refractivity (Wildman–Crippen MR) is 91.5 cm³/mol. The summed E-state index contributed by atoms with van der Waals surface area (Å²) >= 11 is 5.96. The van der Waals surface area contributed by atoms with Gasteiger partial charge in [-0.1, -0.05) is 35.8 Å². The van der Waals surface area contributed by atoms with Gasteiger partial charge in [-0.05, 0) is 24.1 Å². The number of aromatic amines is 1. The third-order valence-corrected chi connectivity index (χ3v) is 4.53. The summed E-state index contributed by atoms with van der Waals surface area (Å²) in [6.45, 7) is 2.47. The van der Waals surface area contributed by atoms with Crippen LogP contribution in [0.2, 0.25) is 5.02 Å². The molecule has 0 spiro atoms. The molecule has 0 fully saturated rings. The average molecular weight is 358 g/mol. The fourth-order valence-electron chi connectivity index (χ4n) is 2.93. The van der Waals surface area contributed by atoms with Gasteiger partial charge in [-0.25, -0.2) is 4.98 Å². The van der Waals surface area contributed by atoms with E-state index in [1.807, 2.05) is 31.2 Å². The van der Waals surface area contributed by atoms with E-state index in [1.165, 1.54) is 0 Å². The molecule has 0 bridgehead atoms. The molecule has 1 atom stereocenters. The van der Waals surface area contributed by atoms with Gasteiger partial charge in [0.2, 0.25) is 11.7 Å². The molecule has 4 rings (SSSR count). The molecular weight excluding hydrogens is 342 g/mol. The number of halogens is 1. The van der Waals surface area contributed by atoms with Crippen molar-refractivity contribution in [1.29, 1.82) is 0 Å². The molecule has 2 N–H and O–H groups in total. The standard InChI is InChI=1S/C17H16ClN5O2/c1-2-13-21-16(23-25-13)15-20-12-7-10(8-19-17(24)14(12)22-15)9-3-5-11(18)6-4-9/h3-6,10H,2,7-8H2,1H3,(H,19,24)(H,20,22). The molecule has 0 radical (unpaired) electrons. The van der Waals surface area contributed by atoms with E-state index in [2.05, 4.69) is 25.4 Å². The smallest absolute Gasteiger partial charge is 0.271 e. The molecule has 0 saturated heterocycles. The Labute approximate surface area is 148 Å². The van der Waals surface area contributed by atoms with Crippen LogP contribution in [0.1, 0.15) is 40.5 Å². The van der Waals surface area contributed by atoms with Crippen LogP contribution in [0.25, 0.3) is 11.6 Å². The Morgan fingerprint density at radius 3 is 2.80 bits per heavy atom. The van der Waals surface area contributed by atoms with Crippen molar-refractivity contribution in [3.8, 4) is 11.6 Å². The Morgan fingerprint density at radius 2 is 2.08 bits per heavy atom. The summed E-state index contributed by atoms with van der Waals surface area (Å²) in [7, 11) is 0. The van der Waals surface area contributed by atoms with E-state index in [9.17, 15) is 4.79 Å². The van der Waals surface area contributed by atoms with Crippen LogP contribution in [0.5, 0.6) is 0 Å². The van der Waals surface area contributed by atoms with Crippen LogP contribution in [0.4, 0.5) is 0 Å². The Kier molecular flexibility index (Phi) is 4.01. The maximum Gasteiger partial charge on any atom is 0.271 e. The number of nitrogens with zero attached hydrogens (tertiary/aromatic N) is 3. The second kappa shape index (κ2) is 6.33. The van der Waals surface area contributed by atoms with E-state index in [0.717, 1.165) is 11.3 Å². The van der Waals surface area contributed by atoms with Gasteiger partial charge < -0.3 is 14.8 Å². The van der Waals surface area contributed by atoms with E-state index in [4.69, 9.17) is 16.1 Å². The quantitative estimate of drug-likeness (QED) is 0.751. The highest BCUT2D eigenvalue weighted by Crippen LogP contribution is 2.27. The van der Waals surface area contributed by atoms with Crippen LogP contribution in [-0.2, 0) is 12.8 Å². The Balaban J connectivity index is 1.67. The van der Waals surface area contributed by atoms with Crippen molar-refractivity contribution >= 4 is 17.5 Å². The van der Waals surface area contributed by atoms with Crippen LogP contribution >= 0.6 is 11.6 Å². The highest BCUT2D eigenvalue weighted by molar-refractivity contribution is 6.30. The lowest BCUT2D eigenvalue weighted by atomic mass is 9.94. The maximum absolute atomic E-state index is 12.4. The van der Waals surface area contributed by atoms with Gasteiger partial charge in [0.05, 0.1) is 0 Å². The minimum atomic E-state index is -0.201. The molecule has 8 heteroatoms. The highest BCUT2D eigenvalue weighted by Gasteiger charge is 2.27. The molecule has 1 aliphatic rings. The van der Waals surface area contributed by atoms with Crippen LogP contribution in [0, 0.1) is 0 Å². The molecule has 3 heterocycles. The second-order valence-electron chi connectivity index (χ2n) is 5.94. The Morgan fingerprint density at radius 1 is 1.28 bits per heavy atom. The SMILES string of the molecule is CCc1nc(-c2nc3c([nH]2)CC(c2ccc(Cl)cc2)CNC3=O)no1. The van der Waals surface area contributed by atoms with E-state index in [1.54, 1.807) is 0 Å². The van der Waals surface area contributed by atoms with Crippen molar-refractivity contribution in [2.45, 2.75) is 25.7 Å². The molecule has 128 valence electrons. The molecule has 0 aliphatic carbocycles. The molecule has 7 nitrogen and oxygen atoms in total. The van der Waals surface area contributed by atoms with E-state index >= 15 is 0 Å². The fourth-order valence-corrected chi connectivity index (χ4v) is 3.06. The summed E-state index contributed by atoms with van der Waals surface area (Å²) in [6.07, 6.45) is 1.30. The predicted octanol–water partition coefficient (Wildman–Crippen LogP) is 2.75. The third-order valence-electron chi connectivity index (χ3n) is 4.28. The zero-order chi connectivity index (χ0) is 17.4. The number of amides is 1. The minimum Gasteiger partial charge on any atom is -0.350 e. The van der Waals surface area contributed by atoms with Crippen molar-refractivity contribution in [3.63, 3.8) is 0 Å². The number of aryl methyl sites for hydroxylation is 1. The number of nitrogens with one attached hydrogen (secondary N) is 2. The Bertz CT molecular complexity index is 916. The van der Waals surface area contributed by atoms with Gasteiger partial charge in [0.1, 0.15) is 5.69 Å². The van der Waals surface area contributed by atoms with Gasteiger partial charge in [0.25, 0.3) is 5.91 Å². The topological polar surface area (TPSA) is 96.7 Å². The number of benzene rings is 1. The van der Waals surface area contributed by atoms with E-state index < -0.39 is 0 Å². The molecule has 1 aromatic carbocycles. The number of aromatic nitrogens is 4. The van der Waals surface area contributed by atoms with Gasteiger partial charge in [-0.2, -0.15) is 4.98 Å². The van der Waals surface area contributed by atoms with Crippen LogP contribution in [0.15, 0.2) is 28.8 Å². The van der Waals surface area contributed by atoms with Crippen molar-refractivity contribution in [2.75, 3.05) is 6.54 Å². The zero-order valence-corrected chi connectivity index (χ0v) is 14.3. The summed E-state index contributed by atoms with van der Waals surface area (Å²) in [4.78, 5) is 24.2. The van der Waals surface area contributed by atoms with Gasteiger partial charge in [0.15, 0.2) is 5.82 Å². The van der Waals surface area contributed by atoms with Gasteiger partial charge in [0, 0.05) is 29.6 Å². The largest absolute Gasteiger partial charge is 0.350 e. The third kappa shape index (κ3) is 3.02. The van der Waals surface area contributed by atoms with E-state index in [-0.39, 0.29) is 11.8 Å². The van der Waals surface area contributed by atoms with Crippen LogP contribution < -0.4 is 5.32 Å². The second-order valence-corrected chi connectivity index (χ2v) is 6.38. The summed E-state index contributed by atoms with van der Waals surface area (Å²) < 4.78 is 5.12. The maximum atomic E-state index is 12.4. The normalized spacial score (nSPS) is 17.0. The lowest BCUT2D eigenvalue weighted by Gasteiger charge is -2.14. The fraction of sp³-hybridized carbons (Fsp3) is 0.294. The summed E-state index contributed by atoms with van der Waals surface area (Å²) in [5, 5.41) is 7.53. The van der Waals surface area contributed by atoms with Gasteiger partial charge in [-0.3, -0.25) is 4.79 Å². The molecule has 25 heavy (non-hydrogen) atoms. The Hall–Kier alpha value is -2.67. The lowest BCUT2D eigenvalue weighted by molar-refractivity contribution is 0.0950. The molecule has 1 amide bonds. The number of fused-ring (bicyclic) bond motifs is 1. The van der Waals surface area contributed by atoms with Crippen molar-refractivity contribution in [2.24, 2.45) is 0 Å². The van der Waals surface area contributed by atoms with Crippen molar-refractivity contribution < 1.29 is 9.32 Å². The molecule has 1 aliphatic heterocycles. The first kappa shape index (κ1) is 15.8. The zero-order valence-electron chi connectivity index (χ0n) is 13.5.